The maximum atomic E-state index is 9.81. The Kier molecular flexibility index (Phi) is 4.41. The number of ether oxygens (including phenoxy) is 1. The van der Waals surface area contributed by atoms with E-state index in [1.165, 1.54) is 24.0 Å². The molecule has 2 nitrogen and oxygen atoms in total. The molecule has 1 aliphatic heterocycles. The summed E-state index contributed by atoms with van der Waals surface area (Å²) in [6.45, 7) is 5.13. The summed E-state index contributed by atoms with van der Waals surface area (Å²) in [6, 6.07) is 8.43. The Morgan fingerprint density at radius 2 is 2.11 bits per heavy atom. The van der Waals surface area contributed by atoms with Gasteiger partial charge in [-0.3, -0.25) is 0 Å². The van der Waals surface area contributed by atoms with Gasteiger partial charge in [-0.05, 0) is 17.5 Å². The molecule has 1 N–H and O–H groups in total. The van der Waals surface area contributed by atoms with E-state index in [1.807, 2.05) is 0 Å². The average molecular weight is 248 g/mol. The topological polar surface area (TPSA) is 29.5 Å². The number of aliphatic hydroxyl groups is 1. The number of unbranched alkanes of at least 4 members (excludes halogenated alkanes) is 2. The van der Waals surface area contributed by atoms with E-state index in [4.69, 9.17) is 4.74 Å². The lowest BCUT2D eigenvalue weighted by molar-refractivity contribution is -0.120. The van der Waals surface area contributed by atoms with Crippen LogP contribution in [0.1, 0.15) is 56.6 Å². The number of hydrogen-bond donors (Lipinski definition) is 1. The summed E-state index contributed by atoms with van der Waals surface area (Å²) in [5.74, 6) is 0.268. The van der Waals surface area contributed by atoms with Gasteiger partial charge in [0.2, 0.25) is 0 Å². The lowest BCUT2D eigenvalue weighted by Gasteiger charge is -2.42. The molecule has 0 radical (unpaired) electrons. The van der Waals surface area contributed by atoms with Crippen LogP contribution in [0.5, 0.6) is 0 Å². The van der Waals surface area contributed by atoms with Gasteiger partial charge in [-0.2, -0.15) is 0 Å². The molecule has 1 aliphatic rings. The normalized spacial score (nSPS) is 26.9. The van der Waals surface area contributed by atoms with E-state index in [9.17, 15) is 5.11 Å². The Morgan fingerprint density at radius 3 is 2.83 bits per heavy atom. The number of benzene rings is 1. The van der Waals surface area contributed by atoms with Gasteiger partial charge in [0.15, 0.2) is 0 Å². The van der Waals surface area contributed by atoms with Crippen LogP contribution in [0.4, 0.5) is 0 Å². The van der Waals surface area contributed by atoms with Crippen LogP contribution in [0.3, 0.4) is 0 Å². The molecule has 0 saturated heterocycles. The molecular formula is C16H24O2. The van der Waals surface area contributed by atoms with Crippen molar-refractivity contribution in [3.8, 4) is 0 Å². The smallest absolute Gasteiger partial charge is 0.0982 e. The molecular weight excluding hydrogens is 224 g/mol. The first-order valence-electron chi connectivity index (χ1n) is 7.06. The van der Waals surface area contributed by atoms with Gasteiger partial charge in [-0.15, -0.1) is 0 Å². The Morgan fingerprint density at radius 1 is 1.33 bits per heavy atom. The number of aliphatic hydroxyl groups excluding tert-OH is 1. The molecule has 0 amide bonds. The minimum absolute atomic E-state index is 0.117. The van der Waals surface area contributed by atoms with E-state index in [2.05, 4.69) is 38.1 Å². The van der Waals surface area contributed by atoms with Gasteiger partial charge in [0.1, 0.15) is 0 Å². The van der Waals surface area contributed by atoms with E-state index in [1.54, 1.807) is 0 Å². The van der Waals surface area contributed by atoms with Gasteiger partial charge in [0, 0.05) is 5.92 Å². The average Bonchev–Trinajstić information content (AvgIpc) is 2.42. The first-order valence-corrected chi connectivity index (χ1v) is 7.06. The summed E-state index contributed by atoms with van der Waals surface area (Å²) in [4.78, 5) is 0. The van der Waals surface area contributed by atoms with Crippen molar-refractivity contribution in [2.75, 3.05) is 6.61 Å². The minimum atomic E-state index is -0.372. The quantitative estimate of drug-likeness (QED) is 0.806. The molecule has 100 valence electrons. The van der Waals surface area contributed by atoms with Crippen LogP contribution in [0.2, 0.25) is 0 Å². The molecule has 0 spiro atoms. The molecule has 1 heterocycles. The maximum absolute atomic E-state index is 9.81. The molecule has 0 saturated carbocycles. The third-order valence-electron chi connectivity index (χ3n) is 4.30. The highest BCUT2D eigenvalue weighted by molar-refractivity contribution is 5.33. The second kappa shape index (κ2) is 5.85. The largest absolute Gasteiger partial charge is 0.393 e. The van der Waals surface area contributed by atoms with E-state index < -0.39 is 0 Å². The number of fused-ring (bicyclic) bond motifs is 1. The van der Waals surface area contributed by atoms with E-state index in [0.29, 0.717) is 6.61 Å². The highest BCUT2D eigenvalue weighted by atomic mass is 16.5. The first-order chi connectivity index (χ1) is 8.73. The van der Waals surface area contributed by atoms with Crippen molar-refractivity contribution < 1.29 is 9.84 Å². The summed E-state index contributed by atoms with van der Waals surface area (Å²) >= 11 is 0. The van der Waals surface area contributed by atoms with Crippen molar-refractivity contribution in [1.82, 2.24) is 0 Å². The minimum Gasteiger partial charge on any atom is -0.393 e. The molecule has 18 heavy (non-hydrogen) atoms. The Bertz CT molecular complexity index is 388. The highest BCUT2D eigenvalue weighted by Crippen LogP contribution is 2.41. The predicted molar refractivity (Wildman–Crippen MR) is 73.6 cm³/mol. The van der Waals surface area contributed by atoms with Crippen LogP contribution in [0.15, 0.2) is 24.3 Å². The molecule has 2 atom stereocenters. The van der Waals surface area contributed by atoms with Gasteiger partial charge in [0.25, 0.3) is 0 Å². The monoisotopic (exact) mass is 248 g/mol. The van der Waals surface area contributed by atoms with Gasteiger partial charge in [-0.25, -0.2) is 0 Å². The molecule has 1 aromatic rings. The molecule has 1 aromatic carbocycles. The summed E-state index contributed by atoms with van der Waals surface area (Å²) in [5, 5.41) is 9.81. The van der Waals surface area contributed by atoms with Crippen molar-refractivity contribution in [1.29, 1.82) is 0 Å². The highest BCUT2D eigenvalue weighted by Gasteiger charge is 2.40. The number of hydrogen-bond acceptors (Lipinski definition) is 2. The lowest BCUT2D eigenvalue weighted by Crippen LogP contribution is -2.45. The first kappa shape index (κ1) is 13.6. The Hall–Kier alpha value is -0.860. The van der Waals surface area contributed by atoms with E-state index in [-0.39, 0.29) is 18.1 Å². The van der Waals surface area contributed by atoms with Crippen LogP contribution in [0.25, 0.3) is 0 Å². The Labute approximate surface area is 110 Å². The SMILES string of the molecule is CCCCCC1(CO)OCc2ccccc2C1C. The van der Waals surface area contributed by atoms with Gasteiger partial charge < -0.3 is 9.84 Å². The van der Waals surface area contributed by atoms with Gasteiger partial charge in [0.05, 0.1) is 18.8 Å². The third kappa shape index (κ3) is 2.45. The zero-order valence-corrected chi connectivity index (χ0v) is 11.5. The van der Waals surface area contributed by atoms with Gasteiger partial charge in [-0.1, -0.05) is 57.4 Å². The molecule has 0 aliphatic carbocycles. The fourth-order valence-electron chi connectivity index (χ4n) is 2.94. The van der Waals surface area contributed by atoms with Crippen LogP contribution in [0, 0.1) is 0 Å². The predicted octanol–water partition coefficient (Wildman–Crippen LogP) is 3.63. The fraction of sp³-hybridized carbons (Fsp3) is 0.625. The fourth-order valence-corrected chi connectivity index (χ4v) is 2.94. The standard InChI is InChI=1S/C16H24O2/c1-3-4-7-10-16(12-17)13(2)15-9-6-5-8-14(15)11-18-16/h5-6,8-9,13,17H,3-4,7,10-12H2,1-2H3. The number of rotatable bonds is 5. The van der Waals surface area contributed by atoms with Crippen molar-refractivity contribution >= 4 is 0 Å². The van der Waals surface area contributed by atoms with Crippen LogP contribution < -0.4 is 0 Å². The van der Waals surface area contributed by atoms with Crippen LogP contribution in [-0.2, 0) is 11.3 Å². The summed E-state index contributed by atoms with van der Waals surface area (Å²) in [7, 11) is 0. The van der Waals surface area contributed by atoms with Gasteiger partial charge >= 0.3 is 0 Å². The molecule has 2 rings (SSSR count). The summed E-state index contributed by atoms with van der Waals surface area (Å²) in [6.07, 6.45) is 4.49. The zero-order chi connectivity index (χ0) is 13.0. The summed E-state index contributed by atoms with van der Waals surface area (Å²) in [5.41, 5.74) is 2.24. The Balaban J connectivity index is 2.18. The van der Waals surface area contributed by atoms with Crippen LogP contribution >= 0.6 is 0 Å². The summed E-state index contributed by atoms with van der Waals surface area (Å²) < 4.78 is 6.05. The second-order valence-electron chi connectivity index (χ2n) is 5.39. The van der Waals surface area contributed by atoms with E-state index in [0.717, 1.165) is 12.8 Å². The molecule has 0 bridgehead atoms. The zero-order valence-electron chi connectivity index (χ0n) is 11.5. The van der Waals surface area contributed by atoms with Crippen molar-refractivity contribution in [2.45, 2.75) is 57.7 Å². The molecule has 0 fully saturated rings. The molecule has 0 aromatic heterocycles. The molecule has 2 heteroatoms. The van der Waals surface area contributed by atoms with Crippen molar-refractivity contribution in [3.63, 3.8) is 0 Å². The second-order valence-corrected chi connectivity index (χ2v) is 5.39. The third-order valence-corrected chi connectivity index (χ3v) is 4.30. The maximum Gasteiger partial charge on any atom is 0.0982 e. The van der Waals surface area contributed by atoms with Crippen molar-refractivity contribution in [2.24, 2.45) is 0 Å². The lowest BCUT2D eigenvalue weighted by atomic mass is 9.77. The molecule has 2 unspecified atom stereocenters. The van der Waals surface area contributed by atoms with Crippen LogP contribution in [-0.4, -0.2) is 17.3 Å². The van der Waals surface area contributed by atoms with Crippen molar-refractivity contribution in [3.05, 3.63) is 35.4 Å². The van der Waals surface area contributed by atoms with E-state index >= 15 is 0 Å².